The number of fused-ring (bicyclic) bond motifs is 1. The lowest BCUT2D eigenvalue weighted by molar-refractivity contribution is -0.862. The van der Waals surface area contributed by atoms with E-state index in [-0.39, 0.29) is 11.6 Å². The smallest absolute Gasteiger partial charge is 0.367 e. The third-order valence-corrected chi connectivity index (χ3v) is 8.66. The summed E-state index contributed by atoms with van der Waals surface area (Å²) in [6.45, 7) is 18.4. The topological polar surface area (TPSA) is 35.5 Å². The van der Waals surface area contributed by atoms with Crippen molar-refractivity contribution in [2.24, 2.45) is 17.8 Å². The third-order valence-electron chi connectivity index (χ3n) is 8.66. The minimum absolute atomic E-state index is 0.122. The summed E-state index contributed by atoms with van der Waals surface area (Å²) in [6, 6.07) is 0. The molecule has 1 heterocycles. The van der Waals surface area contributed by atoms with Gasteiger partial charge in [0.2, 0.25) is 0 Å². The van der Waals surface area contributed by atoms with Crippen LogP contribution in [0, 0.1) is 38.5 Å². The zero-order chi connectivity index (χ0) is 28.7. The molecule has 1 aliphatic heterocycles. The second-order valence-corrected chi connectivity index (χ2v) is 14.3. The van der Waals surface area contributed by atoms with Gasteiger partial charge in [0.1, 0.15) is 17.1 Å². The molecule has 2 rings (SSSR count). The highest BCUT2D eigenvalue weighted by Crippen LogP contribution is 2.45. The van der Waals surface area contributed by atoms with E-state index in [1.54, 1.807) is 0 Å². The van der Waals surface area contributed by atoms with Crippen LogP contribution in [0.5, 0.6) is 11.5 Å². The number of carbonyl (C=O) groups excluding carboxylic acids is 1. The second-order valence-electron chi connectivity index (χ2n) is 14.3. The van der Waals surface area contributed by atoms with Crippen molar-refractivity contribution in [3.05, 3.63) is 22.3 Å². The minimum Gasteiger partial charge on any atom is -0.487 e. The van der Waals surface area contributed by atoms with Crippen molar-refractivity contribution in [3.63, 3.8) is 0 Å². The molecule has 0 unspecified atom stereocenters. The summed E-state index contributed by atoms with van der Waals surface area (Å²) in [4.78, 5) is 12.6. The van der Waals surface area contributed by atoms with E-state index in [1.807, 2.05) is 21.1 Å². The summed E-state index contributed by atoms with van der Waals surface area (Å²) in [7, 11) is 6.01. The van der Waals surface area contributed by atoms with Crippen LogP contribution < -0.4 is 9.47 Å². The van der Waals surface area contributed by atoms with E-state index in [2.05, 4.69) is 55.4 Å². The number of esters is 1. The molecule has 0 saturated heterocycles. The van der Waals surface area contributed by atoms with E-state index in [4.69, 9.17) is 9.47 Å². The van der Waals surface area contributed by atoms with Crippen molar-refractivity contribution in [1.82, 2.24) is 0 Å². The Balaban J connectivity index is 1.88. The summed E-state index contributed by atoms with van der Waals surface area (Å²) in [5, 5.41) is 0. The highest BCUT2D eigenvalue weighted by atomic mass is 16.5. The van der Waals surface area contributed by atoms with Gasteiger partial charge in [0.05, 0.1) is 21.1 Å². The molecule has 1 aromatic carbocycles. The summed E-state index contributed by atoms with van der Waals surface area (Å²) in [5.74, 6) is 4.07. The Morgan fingerprint density at radius 1 is 0.868 bits per heavy atom. The van der Waals surface area contributed by atoms with Crippen molar-refractivity contribution in [2.45, 2.75) is 132 Å². The van der Waals surface area contributed by atoms with Crippen LogP contribution in [-0.2, 0) is 11.2 Å². The van der Waals surface area contributed by atoms with Crippen LogP contribution in [0.3, 0.4) is 0 Å². The lowest BCUT2D eigenvalue weighted by Gasteiger charge is -2.38. The summed E-state index contributed by atoms with van der Waals surface area (Å²) >= 11 is 0. The molecule has 0 fully saturated rings. The van der Waals surface area contributed by atoms with Crippen LogP contribution in [0.2, 0.25) is 0 Å². The first-order valence-corrected chi connectivity index (χ1v) is 15.4. The molecule has 0 aliphatic carbocycles. The molecular formula is C34H60NO3+. The number of hydrogen-bond donors (Lipinski definition) is 0. The van der Waals surface area contributed by atoms with Gasteiger partial charge in [0.15, 0.2) is 6.54 Å². The number of likely N-dealkylation sites (N-methyl/N-ethyl adjacent to an activating group) is 1. The molecule has 0 spiro atoms. The Hall–Kier alpha value is -1.55. The molecule has 4 heteroatoms. The number of rotatable bonds is 15. The van der Waals surface area contributed by atoms with Gasteiger partial charge < -0.3 is 14.0 Å². The molecule has 0 saturated carbocycles. The number of nitrogens with zero attached hydrogens (tertiary/aromatic N) is 1. The van der Waals surface area contributed by atoms with Crippen LogP contribution >= 0.6 is 0 Å². The average molecular weight is 531 g/mol. The van der Waals surface area contributed by atoms with E-state index in [0.29, 0.717) is 11.0 Å². The number of carbonyl (C=O) groups is 1. The summed E-state index contributed by atoms with van der Waals surface area (Å²) in [6.07, 6.45) is 13.8. The first kappa shape index (κ1) is 32.7. The quantitative estimate of drug-likeness (QED) is 0.129. The van der Waals surface area contributed by atoms with Crippen molar-refractivity contribution in [1.29, 1.82) is 0 Å². The van der Waals surface area contributed by atoms with Gasteiger partial charge in [-0.1, -0.05) is 72.6 Å². The number of hydrogen-bond acceptors (Lipinski definition) is 3. The highest BCUT2D eigenvalue weighted by Gasteiger charge is 2.35. The standard InChI is InChI=1S/C34H60NO3/c1-24(2)15-12-16-25(3)17-13-18-26(4)19-14-21-34(8)22-20-30-29(7)32(27(5)28(6)33(30)38-34)37-31(36)23-35(9,10)11/h24-26H,12-23H2,1-11H3/q+1/t25-,26-,34-/m1/s1. The lowest BCUT2D eigenvalue weighted by Crippen LogP contribution is -2.41. The predicted molar refractivity (Wildman–Crippen MR) is 161 cm³/mol. The number of quaternary nitrogens is 1. The van der Waals surface area contributed by atoms with Crippen LogP contribution in [-0.4, -0.2) is 43.7 Å². The zero-order valence-corrected chi connectivity index (χ0v) is 26.9. The van der Waals surface area contributed by atoms with Crippen molar-refractivity contribution in [3.8, 4) is 11.5 Å². The van der Waals surface area contributed by atoms with Gasteiger partial charge in [-0.15, -0.1) is 0 Å². The van der Waals surface area contributed by atoms with Crippen molar-refractivity contribution in [2.75, 3.05) is 27.7 Å². The molecule has 3 atom stereocenters. The van der Waals surface area contributed by atoms with Gasteiger partial charge in [-0.3, -0.25) is 0 Å². The summed E-state index contributed by atoms with van der Waals surface area (Å²) < 4.78 is 13.2. The molecule has 38 heavy (non-hydrogen) atoms. The highest BCUT2D eigenvalue weighted by molar-refractivity contribution is 5.75. The van der Waals surface area contributed by atoms with Crippen LogP contribution in [0.4, 0.5) is 0 Å². The lowest BCUT2D eigenvalue weighted by atomic mass is 9.83. The van der Waals surface area contributed by atoms with Crippen LogP contribution in [0.25, 0.3) is 0 Å². The van der Waals surface area contributed by atoms with E-state index in [1.165, 1.54) is 56.9 Å². The Labute approximate surface area is 235 Å². The largest absolute Gasteiger partial charge is 0.487 e. The molecule has 218 valence electrons. The Bertz CT molecular complexity index is 914. The van der Waals surface area contributed by atoms with Crippen LogP contribution in [0.1, 0.15) is 121 Å². The Morgan fingerprint density at radius 2 is 1.42 bits per heavy atom. The molecular weight excluding hydrogens is 470 g/mol. The maximum absolute atomic E-state index is 12.6. The maximum atomic E-state index is 12.6. The normalized spacial score (nSPS) is 19.2. The molecule has 0 N–H and O–H groups in total. The number of benzene rings is 1. The molecule has 1 aliphatic rings. The fourth-order valence-electron chi connectivity index (χ4n) is 5.95. The third kappa shape index (κ3) is 10.2. The van der Waals surface area contributed by atoms with Crippen molar-refractivity contribution < 1.29 is 18.8 Å². The monoisotopic (exact) mass is 530 g/mol. The van der Waals surface area contributed by atoms with Gasteiger partial charge >= 0.3 is 5.97 Å². The average Bonchev–Trinajstić information content (AvgIpc) is 2.79. The first-order valence-electron chi connectivity index (χ1n) is 15.4. The molecule has 1 aromatic rings. The molecule has 0 bridgehead atoms. The Kier molecular flexibility index (Phi) is 12.2. The fourth-order valence-corrected chi connectivity index (χ4v) is 5.95. The number of ether oxygens (including phenoxy) is 2. The van der Waals surface area contributed by atoms with Gasteiger partial charge in [-0.05, 0) is 87.8 Å². The van der Waals surface area contributed by atoms with Gasteiger partial charge in [-0.2, -0.15) is 0 Å². The molecule has 0 radical (unpaired) electrons. The van der Waals surface area contributed by atoms with E-state index in [0.717, 1.165) is 65.2 Å². The van der Waals surface area contributed by atoms with Gasteiger partial charge in [-0.25, -0.2) is 4.79 Å². The van der Waals surface area contributed by atoms with Crippen molar-refractivity contribution >= 4 is 5.97 Å². The van der Waals surface area contributed by atoms with E-state index in [9.17, 15) is 4.79 Å². The van der Waals surface area contributed by atoms with Crippen LogP contribution in [0.15, 0.2) is 0 Å². The van der Waals surface area contributed by atoms with E-state index < -0.39 is 0 Å². The Morgan fingerprint density at radius 3 is 1.97 bits per heavy atom. The molecule has 0 amide bonds. The molecule has 0 aromatic heterocycles. The minimum atomic E-state index is -0.181. The SMILES string of the molecule is Cc1c(C)c2c(c(C)c1OC(=O)C[N+](C)(C)C)CC[C@@](C)(CCC[C@H](C)CCC[C@H](C)CCCC(C)C)O2. The summed E-state index contributed by atoms with van der Waals surface area (Å²) in [5.41, 5.74) is 4.29. The van der Waals surface area contributed by atoms with Gasteiger partial charge in [0, 0.05) is 5.56 Å². The van der Waals surface area contributed by atoms with E-state index >= 15 is 0 Å². The first-order chi connectivity index (χ1) is 17.6. The second kappa shape index (κ2) is 14.2. The maximum Gasteiger partial charge on any atom is 0.367 e. The van der Waals surface area contributed by atoms with Gasteiger partial charge in [0.25, 0.3) is 0 Å². The predicted octanol–water partition coefficient (Wildman–Crippen LogP) is 8.75. The zero-order valence-electron chi connectivity index (χ0n) is 26.9. The fraction of sp³-hybridized carbons (Fsp3) is 0.794. The molecule has 4 nitrogen and oxygen atoms in total.